The first-order valence-corrected chi connectivity index (χ1v) is 5.87. The molecule has 1 aliphatic rings. The number of ether oxygens (including phenoxy) is 1. The van der Waals surface area contributed by atoms with Crippen LogP contribution in [-0.2, 0) is 4.74 Å². The quantitative estimate of drug-likeness (QED) is 0.779. The molecule has 1 fully saturated rings. The number of methoxy groups -OCH3 is 1. The lowest BCUT2D eigenvalue weighted by molar-refractivity contribution is 0.0600. The molecular formula is C13H18N2O2. The SMILES string of the molecule is COC(=O)c1cccc(NC2CCNC2)c1C. The Labute approximate surface area is 101 Å². The Balaban J connectivity index is 2.19. The second-order valence-corrected chi connectivity index (χ2v) is 4.30. The van der Waals surface area contributed by atoms with Gasteiger partial charge < -0.3 is 15.4 Å². The van der Waals surface area contributed by atoms with Crippen molar-refractivity contribution in [3.05, 3.63) is 29.3 Å². The number of hydrogen-bond acceptors (Lipinski definition) is 4. The van der Waals surface area contributed by atoms with Gasteiger partial charge in [0.15, 0.2) is 0 Å². The molecule has 1 unspecified atom stereocenters. The van der Waals surface area contributed by atoms with Gasteiger partial charge in [0.1, 0.15) is 0 Å². The van der Waals surface area contributed by atoms with E-state index in [0.717, 1.165) is 30.8 Å². The Kier molecular flexibility index (Phi) is 3.64. The first kappa shape index (κ1) is 11.9. The van der Waals surface area contributed by atoms with E-state index in [1.807, 2.05) is 19.1 Å². The minimum Gasteiger partial charge on any atom is -0.465 e. The molecule has 0 spiro atoms. The van der Waals surface area contributed by atoms with E-state index in [2.05, 4.69) is 10.6 Å². The zero-order chi connectivity index (χ0) is 12.3. The van der Waals surface area contributed by atoms with Gasteiger partial charge in [-0.25, -0.2) is 4.79 Å². The van der Waals surface area contributed by atoms with E-state index >= 15 is 0 Å². The Morgan fingerprint density at radius 1 is 1.53 bits per heavy atom. The van der Waals surface area contributed by atoms with Gasteiger partial charge in [-0.15, -0.1) is 0 Å². The normalized spacial score (nSPS) is 19.1. The molecular weight excluding hydrogens is 216 g/mol. The Morgan fingerprint density at radius 2 is 2.35 bits per heavy atom. The molecule has 0 amide bonds. The van der Waals surface area contributed by atoms with Crippen LogP contribution in [-0.4, -0.2) is 32.2 Å². The Hall–Kier alpha value is -1.55. The summed E-state index contributed by atoms with van der Waals surface area (Å²) in [6, 6.07) is 6.12. The summed E-state index contributed by atoms with van der Waals surface area (Å²) >= 11 is 0. The Bertz CT molecular complexity index is 412. The van der Waals surface area contributed by atoms with Gasteiger partial charge in [0.2, 0.25) is 0 Å². The van der Waals surface area contributed by atoms with Gasteiger partial charge in [0.05, 0.1) is 12.7 Å². The maximum absolute atomic E-state index is 11.6. The van der Waals surface area contributed by atoms with Crippen LogP contribution in [0, 0.1) is 6.92 Å². The van der Waals surface area contributed by atoms with Crippen molar-refractivity contribution in [1.82, 2.24) is 5.32 Å². The minimum absolute atomic E-state index is 0.282. The number of carbonyl (C=O) groups is 1. The van der Waals surface area contributed by atoms with Crippen molar-refractivity contribution in [2.45, 2.75) is 19.4 Å². The lowest BCUT2D eigenvalue weighted by Crippen LogP contribution is -2.23. The van der Waals surface area contributed by atoms with Gasteiger partial charge in [-0.05, 0) is 37.6 Å². The second-order valence-electron chi connectivity index (χ2n) is 4.30. The molecule has 2 rings (SSSR count). The number of anilines is 1. The van der Waals surface area contributed by atoms with Crippen LogP contribution in [0.3, 0.4) is 0 Å². The zero-order valence-electron chi connectivity index (χ0n) is 10.2. The summed E-state index contributed by atoms with van der Waals surface area (Å²) in [6.45, 7) is 3.96. The third-order valence-corrected chi connectivity index (χ3v) is 3.16. The molecule has 1 aliphatic heterocycles. The average molecular weight is 234 g/mol. The molecule has 0 radical (unpaired) electrons. The van der Waals surface area contributed by atoms with Gasteiger partial charge in [0, 0.05) is 18.3 Å². The van der Waals surface area contributed by atoms with Gasteiger partial charge >= 0.3 is 5.97 Å². The molecule has 1 aromatic carbocycles. The van der Waals surface area contributed by atoms with Crippen molar-refractivity contribution in [2.24, 2.45) is 0 Å². The van der Waals surface area contributed by atoms with E-state index in [0.29, 0.717) is 11.6 Å². The van der Waals surface area contributed by atoms with Gasteiger partial charge in [-0.3, -0.25) is 0 Å². The fourth-order valence-electron chi connectivity index (χ4n) is 2.12. The van der Waals surface area contributed by atoms with E-state index in [1.54, 1.807) is 6.07 Å². The van der Waals surface area contributed by atoms with Crippen LogP contribution in [0.15, 0.2) is 18.2 Å². The molecule has 1 saturated heterocycles. The summed E-state index contributed by atoms with van der Waals surface area (Å²) in [4.78, 5) is 11.6. The average Bonchev–Trinajstić information content (AvgIpc) is 2.84. The molecule has 0 bridgehead atoms. The van der Waals surface area contributed by atoms with E-state index < -0.39 is 0 Å². The molecule has 4 nitrogen and oxygen atoms in total. The van der Waals surface area contributed by atoms with E-state index in [9.17, 15) is 4.79 Å². The molecule has 17 heavy (non-hydrogen) atoms. The molecule has 4 heteroatoms. The molecule has 2 N–H and O–H groups in total. The van der Waals surface area contributed by atoms with Gasteiger partial charge in [-0.1, -0.05) is 6.07 Å². The predicted octanol–water partition coefficient (Wildman–Crippen LogP) is 1.56. The standard InChI is InChI=1S/C13H18N2O2/c1-9-11(13(16)17-2)4-3-5-12(9)15-10-6-7-14-8-10/h3-5,10,14-15H,6-8H2,1-2H3. The first-order chi connectivity index (χ1) is 8.22. The Morgan fingerprint density at radius 3 is 3.00 bits per heavy atom. The summed E-state index contributed by atoms with van der Waals surface area (Å²) in [5.41, 5.74) is 2.59. The summed E-state index contributed by atoms with van der Waals surface area (Å²) in [7, 11) is 1.41. The number of benzene rings is 1. The van der Waals surface area contributed by atoms with Crippen LogP contribution in [0.1, 0.15) is 22.3 Å². The highest BCUT2D eigenvalue weighted by Gasteiger charge is 2.17. The maximum atomic E-state index is 11.6. The van der Waals surface area contributed by atoms with Crippen molar-refractivity contribution >= 4 is 11.7 Å². The monoisotopic (exact) mass is 234 g/mol. The predicted molar refractivity (Wildman–Crippen MR) is 67.4 cm³/mol. The van der Waals surface area contributed by atoms with Crippen molar-refractivity contribution in [2.75, 3.05) is 25.5 Å². The molecule has 1 aromatic rings. The van der Waals surface area contributed by atoms with Crippen LogP contribution in [0.25, 0.3) is 0 Å². The molecule has 1 heterocycles. The number of hydrogen-bond donors (Lipinski definition) is 2. The number of esters is 1. The van der Waals surface area contributed by atoms with Gasteiger partial charge in [-0.2, -0.15) is 0 Å². The van der Waals surface area contributed by atoms with E-state index in [4.69, 9.17) is 4.74 Å². The molecule has 1 atom stereocenters. The van der Waals surface area contributed by atoms with Crippen LogP contribution < -0.4 is 10.6 Å². The highest BCUT2D eigenvalue weighted by molar-refractivity contribution is 5.92. The molecule has 92 valence electrons. The summed E-state index contributed by atoms with van der Waals surface area (Å²) in [5, 5.41) is 6.76. The second kappa shape index (κ2) is 5.19. The van der Waals surface area contributed by atoms with Crippen LogP contribution in [0.5, 0.6) is 0 Å². The smallest absolute Gasteiger partial charge is 0.338 e. The number of carbonyl (C=O) groups excluding carboxylic acids is 1. The summed E-state index contributed by atoms with van der Waals surface area (Å²) < 4.78 is 4.76. The number of nitrogens with one attached hydrogen (secondary N) is 2. The fraction of sp³-hybridized carbons (Fsp3) is 0.462. The van der Waals surface area contributed by atoms with Crippen molar-refractivity contribution in [3.8, 4) is 0 Å². The lowest BCUT2D eigenvalue weighted by Gasteiger charge is -2.16. The topological polar surface area (TPSA) is 50.4 Å². The van der Waals surface area contributed by atoms with Crippen molar-refractivity contribution in [1.29, 1.82) is 0 Å². The van der Waals surface area contributed by atoms with Crippen LogP contribution in [0.4, 0.5) is 5.69 Å². The molecule has 0 saturated carbocycles. The lowest BCUT2D eigenvalue weighted by atomic mass is 10.1. The minimum atomic E-state index is -0.282. The van der Waals surface area contributed by atoms with Crippen molar-refractivity contribution < 1.29 is 9.53 Å². The third kappa shape index (κ3) is 2.58. The van der Waals surface area contributed by atoms with Crippen LogP contribution >= 0.6 is 0 Å². The number of rotatable bonds is 3. The molecule has 0 aromatic heterocycles. The zero-order valence-corrected chi connectivity index (χ0v) is 10.2. The first-order valence-electron chi connectivity index (χ1n) is 5.87. The third-order valence-electron chi connectivity index (χ3n) is 3.16. The molecule has 0 aliphatic carbocycles. The van der Waals surface area contributed by atoms with E-state index in [-0.39, 0.29) is 5.97 Å². The summed E-state index contributed by atoms with van der Waals surface area (Å²) in [6.07, 6.45) is 1.11. The van der Waals surface area contributed by atoms with E-state index in [1.165, 1.54) is 7.11 Å². The maximum Gasteiger partial charge on any atom is 0.338 e. The van der Waals surface area contributed by atoms with Crippen LogP contribution in [0.2, 0.25) is 0 Å². The fourth-order valence-corrected chi connectivity index (χ4v) is 2.12. The highest BCUT2D eigenvalue weighted by atomic mass is 16.5. The summed E-state index contributed by atoms with van der Waals surface area (Å²) in [5.74, 6) is -0.282. The van der Waals surface area contributed by atoms with Crippen molar-refractivity contribution in [3.63, 3.8) is 0 Å². The largest absolute Gasteiger partial charge is 0.465 e. The van der Waals surface area contributed by atoms with Gasteiger partial charge in [0.25, 0.3) is 0 Å². The highest BCUT2D eigenvalue weighted by Crippen LogP contribution is 2.21.